The normalized spacial score (nSPS) is 20.2. The highest BCUT2D eigenvalue weighted by Gasteiger charge is 2.69. The summed E-state index contributed by atoms with van der Waals surface area (Å²) in [5.41, 5.74) is -2.38. The van der Waals surface area contributed by atoms with E-state index in [9.17, 15) is 19.5 Å². The fourth-order valence-electron chi connectivity index (χ4n) is 4.93. The van der Waals surface area contributed by atoms with Gasteiger partial charge in [0, 0.05) is 35.9 Å². The van der Waals surface area contributed by atoms with Crippen LogP contribution < -0.4 is 0 Å². The monoisotopic (exact) mass is 642 g/mol. The summed E-state index contributed by atoms with van der Waals surface area (Å²) in [5, 5.41) is 9.89. The van der Waals surface area contributed by atoms with E-state index in [0.717, 1.165) is 0 Å². The van der Waals surface area contributed by atoms with Crippen LogP contribution in [-0.4, -0.2) is 77.6 Å². The number of likely N-dealkylation sites (tertiary alicyclic amines) is 1. The molecule has 1 amide bonds. The number of nitrogens with zero attached hydrogens (tertiary/aromatic N) is 2. The molecular weight excluding hydrogens is 595 g/mol. The summed E-state index contributed by atoms with van der Waals surface area (Å²) in [6, 6.07) is 3.57. The molecule has 1 fully saturated rings. The number of thioether (sulfide) groups is 1. The van der Waals surface area contributed by atoms with Crippen LogP contribution in [0.3, 0.4) is 0 Å². The van der Waals surface area contributed by atoms with Gasteiger partial charge in [-0.25, -0.2) is 9.59 Å². The van der Waals surface area contributed by atoms with Gasteiger partial charge < -0.3 is 23.1 Å². The zero-order valence-corrected chi connectivity index (χ0v) is 29.5. The first-order chi connectivity index (χ1) is 19.4. The summed E-state index contributed by atoms with van der Waals surface area (Å²) >= 11 is 1.24. The Morgan fingerprint density at radius 3 is 2.10 bits per heavy atom. The van der Waals surface area contributed by atoms with E-state index in [1.54, 1.807) is 60.0 Å². The highest BCUT2D eigenvalue weighted by Crippen LogP contribution is 2.62. The summed E-state index contributed by atoms with van der Waals surface area (Å²) in [6.07, 6.45) is 3.04. The highest BCUT2D eigenvalue weighted by molar-refractivity contribution is 8.00. The van der Waals surface area contributed by atoms with Crippen molar-refractivity contribution in [2.45, 2.75) is 104 Å². The minimum atomic E-state index is -3.85. The lowest BCUT2D eigenvalue weighted by molar-refractivity contribution is -0.163. The molecule has 42 heavy (non-hydrogen) atoms. The molecule has 0 spiro atoms. The number of hydrogen-bond acceptors (Lipinski definition) is 9. The SMILES string of the molecule is CC(C)OP(OC(C)C)(OC(C)C)=C(C(=O)O)N1C(=O)C(C=C=O)(C(CO[SiH](C)C)C(C)(C)C)C1Sc1cccnc1. The number of carbonyl (C=O) groups is 2. The molecule has 0 radical (unpaired) electrons. The van der Waals surface area contributed by atoms with Crippen LogP contribution in [0.1, 0.15) is 62.3 Å². The minimum Gasteiger partial charge on any atom is -0.476 e. The molecule has 0 saturated carbocycles. The average molecular weight is 643 g/mol. The van der Waals surface area contributed by atoms with Crippen molar-refractivity contribution in [3.05, 3.63) is 30.6 Å². The molecule has 3 unspecified atom stereocenters. The summed E-state index contributed by atoms with van der Waals surface area (Å²) in [5.74, 6) is -0.591. The molecule has 0 bridgehead atoms. The Balaban J connectivity index is 3.03. The zero-order chi connectivity index (χ0) is 32.0. The minimum absolute atomic E-state index is 0.214. The molecule has 0 aliphatic carbocycles. The number of carboxylic acid groups (broad SMARTS) is 1. The Bertz CT molecular complexity index is 1160. The van der Waals surface area contributed by atoms with Crippen LogP contribution in [0.5, 0.6) is 0 Å². The fraction of sp³-hybridized carbons (Fsp3) is 0.655. The molecular formula is C29H47N2O8PSSi. The van der Waals surface area contributed by atoms with Gasteiger partial charge in [-0.05, 0) is 72.2 Å². The van der Waals surface area contributed by atoms with E-state index in [0.29, 0.717) is 4.90 Å². The molecule has 2 rings (SSSR count). The van der Waals surface area contributed by atoms with Crippen molar-refractivity contribution in [3.63, 3.8) is 0 Å². The number of aromatic nitrogens is 1. The highest BCUT2D eigenvalue weighted by atomic mass is 32.2. The standard InChI is InChI=1S/C29H47N2O8PSSi/c1-19(2)37-40(38-20(3)4,39-21(5)6)24(25(33)34)31-26(35)29(14-16-32,23(28(7,8)9)18-36-42(10)11)27(31)41-22-13-12-15-30-17-22/h12-15,17,19-21,23,27,42H,18H2,1-11H3,(H,33,34). The Hall–Kier alpha value is -1.75. The van der Waals surface area contributed by atoms with E-state index in [2.05, 4.69) is 4.98 Å². The number of carbonyl (C=O) groups excluding carboxylic acids is 2. The predicted octanol–water partition coefficient (Wildman–Crippen LogP) is 5.63. The van der Waals surface area contributed by atoms with Gasteiger partial charge >= 0.3 is 5.97 Å². The van der Waals surface area contributed by atoms with Crippen molar-refractivity contribution >= 4 is 51.6 Å². The summed E-state index contributed by atoms with van der Waals surface area (Å²) in [6.45, 7) is 20.7. The second-order valence-electron chi connectivity index (χ2n) is 12.4. The molecule has 1 aromatic rings. The number of pyridine rings is 1. The van der Waals surface area contributed by atoms with Crippen molar-refractivity contribution in [2.24, 2.45) is 16.7 Å². The summed E-state index contributed by atoms with van der Waals surface area (Å²) in [7, 11) is -5.38. The lowest BCUT2D eigenvalue weighted by Crippen LogP contribution is -2.74. The maximum atomic E-state index is 14.7. The number of rotatable bonds is 15. The third-order valence-corrected chi connectivity index (χ3v) is 11.6. The molecule has 2 heterocycles. The molecule has 10 nitrogen and oxygen atoms in total. The first-order valence-corrected chi connectivity index (χ1v) is 19.4. The van der Waals surface area contributed by atoms with E-state index in [1.165, 1.54) is 22.7 Å². The van der Waals surface area contributed by atoms with Gasteiger partial charge in [-0.15, -0.1) is 0 Å². The lowest BCUT2D eigenvalue weighted by atomic mass is 9.59. The molecule has 1 N–H and O–H groups in total. The second-order valence-corrected chi connectivity index (χ2v) is 18.1. The van der Waals surface area contributed by atoms with Crippen molar-refractivity contribution in [2.75, 3.05) is 6.61 Å². The van der Waals surface area contributed by atoms with Crippen LogP contribution in [0, 0.1) is 16.7 Å². The first-order valence-electron chi connectivity index (χ1n) is 14.2. The quantitative estimate of drug-likeness (QED) is 0.111. The predicted molar refractivity (Wildman–Crippen MR) is 169 cm³/mol. The van der Waals surface area contributed by atoms with Crippen LogP contribution >= 0.6 is 19.3 Å². The molecule has 1 aliphatic heterocycles. The van der Waals surface area contributed by atoms with Crippen LogP contribution in [0.25, 0.3) is 0 Å². The fourth-order valence-corrected chi connectivity index (χ4v) is 9.77. The summed E-state index contributed by atoms with van der Waals surface area (Å²) in [4.78, 5) is 46.2. The van der Waals surface area contributed by atoms with Gasteiger partial charge in [0.2, 0.25) is 11.3 Å². The van der Waals surface area contributed by atoms with E-state index in [4.69, 9.17) is 18.0 Å². The van der Waals surface area contributed by atoms with Crippen molar-refractivity contribution in [3.8, 4) is 0 Å². The molecule has 1 saturated heterocycles. The third kappa shape index (κ3) is 8.24. The van der Waals surface area contributed by atoms with Gasteiger partial charge in [0.05, 0.1) is 18.3 Å². The maximum Gasteiger partial charge on any atom is 0.359 e. The molecule has 1 aromatic heterocycles. The Labute approximate surface area is 256 Å². The van der Waals surface area contributed by atoms with Gasteiger partial charge in [0.25, 0.3) is 7.57 Å². The van der Waals surface area contributed by atoms with Gasteiger partial charge in [0.1, 0.15) is 16.7 Å². The Kier molecular flexibility index (Phi) is 12.9. The first kappa shape index (κ1) is 36.4. The van der Waals surface area contributed by atoms with Crippen molar-refractivity contribution < 1.29 is 37.5 Å². The largest absolute Gasteiger partial charge is 0.476 e. The van der Waals surface area contributed by atoms with Gasteiger partial charge in [0.15, 0.2) is 9.04 Å². The van der Waals surface area contributed by atoms with E-state index < -0.39 is 74.3 Å². The lowest BCUT2D eigenvalue weighted by Gasteiger charge is -2.59. The zero-order valence-electron chi connectivity index (χ0n) is 26.6. The van der Waals surface area contributed by atoms with Crippen molar-refractivity contribution in [1.29, 1.82) is 0 Å². The average Bonchev–Trinajstić information content (AvgIpc) is 2.83. The van der Waals surface area contributed by atoms with Gasteiger partial charge in [-0.3, -0.25) is 14.7 Å². The van der Waals surface area contributed by atoms with Gasteiger partial charge in [-0.1, -0.05) is 32.5 Å². The van der Waals surface area contributed by atoms with E-state index >= 15 is 0 Å². The van der Waals surface area contributed by atoms with E-state index in [1.807, 2.05) is 45.9 Å². The van der Waals surface area contributed by atoms with Crippen LogP contribution in [0.2, 0.25) is 13.1 Å². The molecule has 236 valence electrons. The van der Waals surface area contributed by atoms with Crippen LogP contribution in [0.4, 0.5) is 0 Å². The summed E-state index contributed by atoms with van der Waals surface area (Å²) < 4.78 is 24.9. The topological polar surface area (TPSA) is 124 Å². The number of carboxylic acids is 1. The molecule has 0 aromatic carbocycles. The smallest absolute Gasteiger partial charge is 0.359 e. The molecule has 1 aliphatic rings. The van der Waals surface area contributed by atoms with E-state index in [-0.39, 0.29) is 6.61 Å². The van der Waals surface area contributed by atoms with Crippen LogP contribution in [0.15, 0.2) is 35.5 Å². The number of β-lactam (4-membered cyclic amide) rings is 1. The van der Waals surface area contributed by atoms with Gasteiger partial charge in [-0.2, -0.15) is 0 Å². The molecule has 3 atom stereocenters. The maximum absolute atomic E-state index is 14.7. The molecule has 13 heteroatoms. The second kappa shape index (κ2) is 14.8. The Morgan fingerprint density at radius 2 is 1.71 bits per heavy atom. The van der Waals surface area contributed by atoms with Crippen LogP contribution in [-0.2, 0) is 32.4 Å². The number of amides is 1. The number of aliphatic carboxylic acids is 1. The van der Waals surface area contributed by atoms with Crippen molar-refractivity contribution in [1.82, 2.24) is 9.88 Å². The third-order valence-electron chi connectivity index (χ3n) is 6.36. The number of hydrogen-bond donors (Lipinski definition) is 1. The Morgan fingerprint density at radius 1 is 1.17 bits per heavy atom.